The molecule has 3 aromatic rings. The molecule has 1 aliphatic heterocycles. The molecule has 1 aliphatic rings. The minimum absolute atomic E-state index is 0.113. The Morgan fingerprint density at radius 1 is 1.14 bits per heavy atom. The average molecular weight is 476 g/mol. The van der Waals surface area contributed by atoms with Gasteiger partial charge < -0.3 is 24.9 Å². The molecule has 35 heavy (non-hydrogen) atoms. The molecule has 0 bridgehead atoms. The topological polar surface area (TPSA) is 102 Å². The number of phenolic OH excluding ortho intramolecular Hbond substituents is 2. The van der Waals surface area contributed by atoms with Gasteiger partial charge in [-0.15, -0.1) is 0 Å². The average Bonchev–Trinajstić information content (AvgIpc) is 3.42. The Bertz CT molecular complexity index is 1280. The van der Waals surface area contributed by atoms with Crippen LogP contribution in [0.2, 0.25) is 0 Å². The molecule has 0 saturated carbocycles. The van der Waals surface area contributed by atoms with Crippen molar-refractivity contribution < 1.29 is 19.8 Å². The number of amides is 2. The van der Waals surface area contributed by atoms with E-state index in [-0.39, 0.29) is 28.9 Å². The lowest BCUT2D eigenvalue weighted by atomic mass is 10.1. The SMILES string of the molecule is CN(C)C/C=C/C(=O)N(Cc1cnn(C)c1)c1cccc2c1CN(C(=O)c1ccc(O)cc1O)C2. The molecule has 182 valence electrons. The lowest BCUT2D eigenvalue weighted by molar-refractivity contribution is -0.114. The highest BCUT2D eigenvalue weighted by Crippen LogP contribution is 2.35. The van der Waals surface area contributed by atoms with Gasteiger partial charge in [0.1, 0.15) is 11.5 Å². The zero-order valence-corrected chi connectivity index (χ0v) is 20.0. The number of aromatic hydroxyl groups is 2. The van der Waals surface area contributed by atoms with Crippen LogP contribution in [0.3, 0.4) is 0 Å². The van der Waals surface area contributed by atoms with Gasteiger partial charge in [0.25, 0.3) is 11.8 Å². The zero-order chi connectivity index (χ0) is 25.1. The normalized spacial score (nSPS) is 13.0. The molecule has 1 aromatic heterocycles. The van der Waals surface area contributed by atoms with E-state index in [0.29, 0.717) is 26.2 Å². The van der Waals surface area contributed by atoms with Gasteiger partial charge in [0.2, 0.25) is 0 Å². The molecule has 2 amide bonds. The van der Waals surface area contributed by atoms with Gasteiger partial charge in [-0.25, -0.2) is 0 Å². The summed E-state index contributed by atoms with van der Waals surface area (Å²) >= 11 is 0. The first-order valence-electron chi connectivity index (χ1n) is 11.2. The number of hydrogen-bond donors (Lipinski definition) is 2. The van der Waals surface area contributed by atoms with Crippen LogP contribution in [0.1, 0.15) is 27.0 Å². The van der Waals surface area contributed by atoms with Crippen molar-refractivity contribution in [2.75, 3.05) is 25.5 Å². The van der Waals surface area contributed by atoms with Crippen molar-refractivity contribution in [3.05, 3.63) is 83.2 Å². The Morgan fingerprint density at radius 3 is 2.63 bits per heavy atom. The molecular weight excluding hydrogens is 446 g/mol. The summed E-state index contributed by atoms with van der Waals surface area (Å²) in [6.07, 6.45) is 7.00. The van der Waals surface area contributed by atoms with E-state index in [1.807, 2.05) is 56.5 Å². The van der Waals surface area contributed by atoms with Crippen molar-refractivity contribution in [2.45, 2.75) is 19.6 Å². The van der Waals surface area contributed by atoms with Gasteiger partial charge in [-0.2, -0.15) is 5.10 Å². The van der Waals surface area contributed by atoms with Gasteiger partial charge >= 0.3 is 0 Å². The number of aromatic nitrogens is 2. The number of fused-ring (bicyclic) bond motifs is 1. The fraction of sp³-hybridized carbons (Fsp3) is 0.269. The molecular formula is C26H29N5O4. The number of carbonyl (C=O) groups is 2. The Balaban J connectivity index is 1.64. The van der Waals surface area contributed by atoms with Gasteiger partial charge in [-0.05, 0) is 37.9 Å². The highest BCUT2D eigenvalue weighted by Gasteiger charge is 2.30. The summed E-state index contributed by atoms with van der Waals surface area (Å²) in [4.78, 5) is 31.7. The number of aryl methyl sites for hydroxylation is 1. The number of nitrogens with zero attached hydrogens (tertiary/aromatic N) is 5. The molecule has 0 aliphatic carbocycles. The second-order valence-corrected chi connectivity index (χ2v) is 8.89. The molecule has 0 spiro atoms. The molecule has 0 saturated heterocycles. The van der Waals surface area contributed by atoms with E-state index in [4.69, 9.17) is 0 Å². The molecule has 2 heterocycles. The molecule has 2 N–H and O–H groups in total. The Hall–Kier alpha value is -4.11. The van der Waals surface area contributed by atoms with Gasteiger partial charge in [0.15, 0.2) is 0 Å². The van der Waals surface area contributed by atoms with Gasteiger partial charge in [-0.3, -0.25) is 14.3 Å². The van der Waals surface area contributed by atoms with Crippen molar-refractivity contribution in [2.24, 2.45) is 7.05 Å². The van der Waals surface area contributed by atoms with Gasteiger partial charge in [0, 0.05) is 61.8 Å². The molecule has 4 rings (SSSR count). The van der Waals surface area contributed by atoms with Crippen LogP contribution in [0.15, 0.2) is 60.9 Å². The van der Waals surface area contributed by atoms with Crippen molar-refractivity contribution in [1.29, 1.82) is 0 Å². The smallest absolute Gasteiger partial charge is 0.258 e. The van der Waals surface area contributed by atoms with E-state index >= 15 is 0 Å². The number of benzene rings is 2. The molecule has 0 unspecified atom stereocenters. The molecule has 0 atom stereocenters. The summed E-state index contributed by atoms with van der Waals surface area (Å²) in [6, 6.07) is 9.64. The highest BCUT2D eigenvalue weighted by atomic mass is 16.3. The third-order valence-corrected chi connectivity index (χ3v) is 5.84. The summed E-state index contributed by atoms with van der Waals surface area (Å²) in [5.74, 6) is -0.894. The maximum atomic E-state index is 13.3. The number of hydrogen-bond acceptors (Lipinski definition) is 6. The van der Waals surface area contributed by atoms with Gasteiger partial charge in [0.05, 0.1) is 18.3 Å². The standard InChI is InChI=1S/C26H29N5O4/c1-28(2)11-5-8-25(34)31(15-18-13-27-29(3)14-18)23-7-4-6-19-16-30(17-22(19)23)26(35)21-10-9-20(32)12-24(21)33/h4-10,12-14,32-33H,11,15-17H2,1-3H3/b8-5+. The minimum atomic E-state index is -0.347. The summed E-state index contributed by atoms with van der Waals surface area (Å²) < 4.78 is 1.69. The number of likely N-dealkylation sites (N-methyl/N-ethyl adjacent to an activating group) is 1. The van der Waals surface area contributed by atoms with Crippen LogP contribution >= 0.6 is 0 Å². The molecule has 0 radical (unpaired) electrons. The fourth-order valence-electron chi connectivity index (χ4n) is 4.14. The molecule has 2 aromatic carbocycles. The third-order valence-electron chi connectivity index (χ3n) is 5.84. The molecule has 9 heteroatoms. The number of rotatable bonds is 7. The maximum Gasteiger partial charge on any atom is 0.258 e. The van der Waals surface area contributed by atoms with Crippen LogP contribution in [-0.4, -0.2) is 62.2 Å². The van der Waals surface area contributed by atoms with Crippen LogP contribution in [0.4, 0.5) is 5.69 Å². The second kappa shape index (κ2) is 10.0. The van der Waals surface area contributed by atoms with Crippen LogP contribution in [0, 0.1) is 0 Å². The molecule has 9 nitrogen and oxygen atoms in total. The predicted octanol–water partition coefficient (Wildman–Crippen LogP) is 2.64. The van der Waals surface area contributed by atoms with E-state index in [9.17, 15) is 19.8 Å². The molecule has 0 fully saturated rings. The van der Waals surface area contributed by atoms with E-state index in [1.165, 1.54) is 12.1 Å². The quantitative estimate of drug-likeness (QED) is 0.510. The number of carbonyl (C=O) groups excluding carboxylic acids is 2. The first-order valence-corrected chi connectivity index (χ1v) is 11.2. The maximum absolute atomic E-state index is 13.3. The van der Waals surface area contributed by atoms with E-state index < -0.39 is 0 Å². The number of phenols is 2. The van der Waals surface area contributed by atoms with Crippen molar-refractivity contribution in [1.82, 2.24) is 19.6 Å². The lowest BCUT2D eigenvalue weighted by Gasteiger charge is -2.24. The third kappa shape index (κ3) is 5.36. The van der Waals surface area contributed by atoms with E-state index in [1.54, 1.807) is 26.8 Å². The summed E-state index contributed by atoms with van der Waals surface area (Å²) in [5, 5.41) is 23.9. The van der Waals surface area contributed by atoms with Crippen molar-refractivity contribution in [3.63, 3.8) is 0 Å². The zero-order valence-electron chi connectivity index (χ0n) is 20.0. The van der Waals surface area contributed by atoms with Crippen LogP contribution in [0.5, 0.6) is 11.5 Å². The van der Waals surface area contributed by atoms with Crippen LogP contribution in [0.25, 0.3) is 0 Å². The summed E-state index contributed by atoms with van der Waals surface area (Å²) in [7, 11) is 5.70. The Labute approximate surface area is 204 Å². The largest absolute Gasteiger partial charge is 0.508 e. The van der Waals surface area contributed by atoms with Crippen LogP contribution < -0.4 is 4.90 Å². The van der Waals surface area contributed by atoms with E-state index in [2.05, 4.69) is 5.10 Å². The fourth-order valence-corrected chi connectivity index (χ4v) is 4.14. The first-order chi connectivity index (χ1) is 16.7. The lowest BCUT2D eigenvalue weighted by Crippen LogP contribution is -2.30. The monoisotopic (exact) mass is 475 g/mol. The van der Waals surface area contributed by atoms with Crippen molar-refractivity contribution in [3.8, 4) is 11.5 Å². The Kier molecular flexibility index (Phi) is 6.88. The minimum Gasteiger partial charge on any atom is -0.508 e. The van der Waals surface area contributed by atoms with Crippen LogP contribution in [-0.2, 0) is 31.5 Å². The van der Waals surface area contributed by atoms with Crippen molar-refractivity contribution >= 4 is 17.5 Å². The second-order valence-electron chi connectivity index (χ2n) is 8.89. The first kappa shape index (κ1) is 24.0. The van der Waals surface area contributed by atoms with Gasteiger partial charge in [-0.1, -0.05) is 18.2 Å². The highest BCUT2D eigenvalue weighted by molar-refractivity contribution is 6.02. The summed E-state index contributed by atoms with van der Waals surface area (Å²) in [5.41, 5.74) is 3.57. The Morgan fingerprint density at radius 2 is 1.94 bits per heavy atom. The van der Waals surface area contributed by atoms with E-state index in [0.717, 1.165) is 28.4 Å². The predicted molar refractivity (Wildman–Crippen MR) is 132 cm³/mol. The number of anilines is 1. The summed E-state index contributed by atoms with van der Waals surface area (Å²) in [6.45, 7) is 1.62.